The fourth-order valence-electron chi connectivity index (χ4n) is 0.954. The molecule has 0 radical (unpaired) electrons. The monoisotopic (exact) mass is 322 g/mol. The highest BCUT2D eigenvalue weighted by Gasteiger charge is 2.32. The van der Waals surface area contributed by atoms with Crippen molar-refractivity contribution in [2.75, 3.05) is 6.61 Å². The highest BCUT2D eigenvalue weighted by atomic mass is 79.9. The zero-order valence-electron chi connectivity index (χ0n) is 7.99. The Balaban J connectivity index is 2.84. The van der Waals surface area contributed by atoms with Crippen molar-refractivity contribution in [3.8, 4) is 5.75 Å². The van der Waals surface area contributed by atoms with Crippen molar-refractivity contribution < 1.29 is 31.1 Å². The first-order chi connectivity index (χ1) is 7.59. The van der Waals surface area contributed by atoms with Gasteiger partial charge >= 0.3 is 12.4 Å². The van der Waals surface area contributed by atoms with Crippen LogP contribution in [0, 0.1) is 0 Å². The van der Waals surface area contributed by atoms with E-state index in [1.165, 1.54) is 0 Å². The van der Waals surface area contributed by atoms with E-state index >= 15 is 0 Å². The minimum absolute atomic E-state index is 0.184. The summed E-state index contributed by atoms with van der Waals surface area (Å²) in [5.41, 5.74) is -0.969. The molecule has 0 bridgehead atoms. The third kappa shape index (κ3) is 4.45. The van der Waals surface area contributed by atoms with Crippen molar-refractivity contribution in [3.05, 3.63) is 28.2 Å². The second kappa shape index (κ2) is 4.75. The summed E-state index contributed by atoms with van der Waals surface area (Å²) in [7, 11) is 0. The molecule has 1 aromatic rings. The Morgan fingerprint density at radius 3 is 2.06 bits per heavy atom. The third-order valence-corrected chi connectivity index (χ3v) is 2.27. The van der Waals surface area contributed by atoms with Gasteiger partial charge in [-0.3, -0.25) is 0 Å². The van der Waals surface area contributed by atoms with E-state index < -0.39 is 24.5 Å². The van der Waals surface area contributed by atoms with Crippen LogP contribution in [0.15, 0.2) is 22.7 Å². The molecule has 0 N–H and O–H groups in total. The summed E-state index contributed by atoms with van der Waals surface area (Å²) in [6.07, 6.45) is -9.09. The quantitative estimate of drug-likeness (QED) is 0.733. The van der Waals surface area contributed by atoms with Crippen LogP contribution < -0.4 is 4.74 Å². The minimum atomic E-state index is -4.55. The molecule has 0 heterocycles. The fourth-order valence-corrected chi connectivity index (χ4v) is 1.45. The molecule has 1 rings (SSSR count). The smallest absolute Gasteiger partial charge is 0.422 e. The topological polar surface area (TPSA) is 9.23 Å². The summed E-state index contributed by atoms with van der Waals surface area (Å²) in [6, 6.07) is 2.14. The first-order valence-corrected chi connectivity index (χ1v) is 4.95. The largest absolute Gasteiger partial charge is 0.483 e. The lowest BCUT2D eigenvalue weighted by atomic mass is 10.2. The molecule has 17 heavy (non-hydrogen) atoms. The van der Waals surface area contributed by atoms with E-state index in [1.54, 1.807) is 0 Å². The van der Waals surface area contributed by atoms with Crippen LogP contribution in [0.4, 0.5) is 26.3 Å². The molecule has 0 amide bonds. The molecule has 0 fully saturated rings. The van der Waals surface area contributed by atoms with Crippen LogP contribution in [0.5, 0.6) is 5.75 Å². The summed E-state index contributed by atoms with van der Waals surface area (Å²) in [6.45, 7) is -1.56. The van der Waals surface area contributed by atoms with Crippen LogP contribution in [0.2, 0.25) is 0 Å². The maximum atomic E-state index is 12.2. The molecular weight excluding hydrogens is 318 g/mol. The van der Waals surface area contributed by atoms with Crippen LogP contribution in [0.25, 0.3) is 0 Å². The Morgan fingerprint density at radius 2 is 1.65 bits per heavy atom. The van der Waals surface area contributed by atoms with Crippen molar-refractivity contribution in [1.29, 1.82) is 0 Å². The molecule has 0 aliphatic rings. The number of rotatable bonds is 2. The van der Waals surface area contributed by atoms with E-state index in [-0.39, 0.29) is 10.2 Å². The fraction of sp³-hybridized carbons (Fsp3) is 0.333. The lowest BCUT2D eigenvalue weighted by Crippen LogP contribution is -2.19. The van der Waals surface area contributed by atoms with E-state index in [4.69, 9.17) is 0 Å². The molecule has 0 saturated carbocycles. The number of halogens is 7. The van der Waals surface area contributed by atoms with Crippen LogP contribution in [0.3, 0.4) is 0 Å². The van der Waals surface area contributed by atoms with Crippen LogP contribution >= 0.6 is 15.9 Å². The van der Waals surface area contributed by atoms with Crippen molar-refractivity contribution >= 4 is 15.9 Å². The average Bonchev–Trinajstić information content (AvgIpc) is 2.12. The molecule has 1 nitrogen and oxygen atoms in total. The Morgan fingerprint density at radius 1 is 1.06 bits per heavy atom. The summed E-state index contributed by atoms with van der Waals surface area (Å²) in [5.74, 6) is -0.296. The Kier molecular flexibility index (Phi) is 3.95. The number of hydrogen-bond donors (Lipinski definition) is 0. The van der Waals surface area contributed by atoms with E-state index in [0.717, 1.165) is 6.07 Å². The molecule has 0 saturated heterocycles. The van der Waals surface area contributed by atoms with Gasteiger partial charge in [0.15, 0.2) is 6.61 Å². The van der Waals surface area contributed by atoms with E-state index in [0.29, 0.717) is 12.1 Å². The third-order valence-electron chi connectivity index (χ3n) is 1.65. The summed E-state index contributed by atoms with van der Waals surface area (Å²) in [5, 5.41) is 0. The molecular formula is C9H5BrF6O. The normalized spacial score (nSPS) is 12.6. The van der Waals surface area contributed by atoms with Gasteiger partial charge in [-0.1, -0.05) is 0 Å². The van der Waals surface area contributed by atoms with Gasteiger partial charge < -0.3 is 4.74 Å². The molecule has 0 aromatic heterocycles. The summed E-state index contributed by atoms with van der Waals surface area (Å²) in [4.78, 5) is 0. The molecule has 96 valence electrons. The van der Waals surface area contributed by atoms with E-state index in [9.17, 15) is 26.3 Å². The van der Waals surface area contributed by atoms with E-state index in [1.807, 2.05) is 0 Å². The summed E-state index contributed by atoms with van der Waals surface area (Å²) >= 11 is 2.71. The van der Waals surface area contributed by atoms with Crippen molar-refractivity contribution in [1.82, 2.24) is 0 Å². The van der Waals surface area contributed by atoms with Gasteiger partial charge in [-0.2, -0.15) is 26.3 Å². The van der Waals surface area contributed by atoms with Crippen LogP contribution in [-0.4, -0.2) is 12.8 Å². The SMILES string of the molecule is FC(F)(F)COc1ccc(C(F)(F)F)cc1Br. The lowest BCUT2D eigenvalue weighted by molar-refractivity contribution is -0.153. The predicted octanol–water partition coefficient (Wildman–Crippen LogP) is 4.41. The van der Waals surface area contributed by atoms with Gasteiger partial charge in [0.05, 0.1) is 10.0 Å². The molecule has 0 aliphatic heterocycles. The first-order valence-electron chi connectivity index (χ1n) is 4.16. The minimum Gasteiger partial charge on any atom is -0.483 e. The second-order valence-corrected chi connectivity index (χ2v) is 3.90. The zero-order chi connectivity index (χ0) is 13.3. The zero-order valence-corrected chi connectivity index (χ0v) is 9.58. The average molecular weight is 323 g/mol. The molecule has 0 atom stereocenters. The molecule has 1 aromatic carbocycles. The van der Waals surface area contributed by atoms with Gasteiger partial charge in [-0.25, -0.2) is 0 Å². The van der Waals surface area contributed by atoms with Crippen LogP contribution in [-0.2, 0) is 6.18 Å². The first kappa shape index (κ1) is 14.1. The van der Waals surface area contributed by atoms with E-state index in [2.05, 4.69) is 20.7 Å². The standard InChI is InChI=1S/C9H5BrF6O/c10-6-3-5(9(14,15)16)1-2-7(6)17-4-8(11,12)13/h1-3H,4H2. The molecule has 0 unspecified atom stereocenters. The number of benzene rings is 1. The second-order valence-electron chi connectivity index (χ2n) is 3.05. The van der Waals surface area contributed by atoms with Gasteiger partial charge in [0, 0.05) is 0 Å². The van der Waals surface area contributed by atoms with Crippen molar-refractivity contribution in [2.45, 2.75) is 12.4 Å². The number of ether oxygens (including phenoxy) is 1. The lowest BCUT2D eigenvalue weighted by Gasteiger charge is -2.12. The van der Waals surface area contributed by atoms with Crippen LogP contribution in [0.1, 0.15) is 5.56 Å². The number of alkyl halides is 6. The Bertz CT molecular complexity index is 397. The highest BCUT2D eigenvalue weighted by molar-refractivity contribution is 9.10. The number of hydrogen-bond acceptors (Lipinski definition) is 1. The molecule has 0 spiro atoms. The van der Waals surface area contributed by atoms with Gasteiger partial charge in [-0.05, 0) is 34.1 Å². The van der Waals surface area contributed by atoms with Gasteiger partial charge in [0.25, 0.3) is 0 Å². The maximum Gasteiger partial charge on any atom is 0.422 e. The van der Waals surface area contributed by atoms with Gasteiger partial charge in [-0.15, -0.1) is 0 Å². The predicted molar refractivity (Wildman–Crippen MR) is 50.7 cm³/mol. The molecule has 0 aliphatic carbocycles. The maximum absolute atomic E-state index is 12.2. The van der Waals surface area contributed by atoms with Gasteiger partial charge in [0.1, 0.15) is 5.75 Å². The van der Waals surface area contributed by atoms with Crippen molar-refractivity contribution in [3.63, 3.8) is 0 Å². The molecule has 8 heteroatoms. The summed E-state index contributed by atoms with van der Waals surface area (Å²) < 4.78 is 76.3. The Hall–Kier alpha value is -0.920. The van der Waals surface area contributed by atoms with Gasteiger partial charge in [0.2, 0.25) is 0 Å². The van der Waals surface area contributed by atoms with Crippen molar-refractivity contribution in [2.24, 2.45) is 0 Å². The Labute approximate surface area is 101 Å². The highest BCUT2D eigenvalue weighted by Crippen LogP contribution is 2.35.